The molecule has 0 aromatic rings. The minimum absolute atomic E-state index is 0.0887. The van der Waals surface area contributed by atoms with E-state index in [2.05, 4.69) is 13.2 Å². The zero-order valence-electron chi connectivity index (χ0n) is 6.71. The third-order valence-electron chi connectivity index (χ3n) is 1.61. The van der Waals surface area contributed by atoms with Crippen molar-refractivity contribution in [1.82, 2.24) is 0 Å². The third kappa shape index (κ3) is 2.87. The molecule has 0 spiro atoms. The van der Waals surface area contributed by atoms with Crippen LogP contribution in [0.3, 0.4) is 0 Å². The van der Waals surface area contributed by atoms with Gasteiger partial charge in [0.05, 0.1) is 13.2 Å². The summed E-state index contributed by atoms with van der Waals surface area (Å²) in [5, 5.41) is 0. The highest BCUT2D eigenvalue weighted by atomic mass is 16.7. The highest BCUT2D eigenvalue weighted by molar-refractivity contribution is 5.11. The maximum Gasteiger partial charge on any atom is 0.161 e. The van der Waals surface area contributed by atoms with Crippen molar-refractivity contribution in [1.29, 1.82) is 0 Å². The summed E-state index contributed by atoms with van der Waals surface area (Å²) in [6.07, 6.45) is 3.39. The van der Waals surface area contributed by atoms with E-state index in [0.717, 1.165) is 31.6 Å². The largest absolute Gasteiger partial charge is 0.352 e. The van der Waals surface area contributed by atoms with Crippen molar-refractivity contribution in [3.8, 4) is 0 Å². The molecule has 1 heterocycles. The van der Waals surface area contributed by atoms with Gasteiger partial charge in [0.25, 0.3) is 0 Å². The molecule has 1 saturated heterocycles. The van der Waals surface area contributed by atoms with Gasteiger partial charge in [0.2, 0.25) is 0 Å². The van der Waals surface area contributed by atoms with Crippen LogP contribution >= 0.6 is 0 Å². The first-order chi connectivity index (χ1) is 5.33. The molecule has 1 fully saturated rings. The molecule has 0 radical (unpaired) electrons. The fourth-order valence-electron chi connectivity index (χ4n) is 0.952. The van der Waals surface area contributed by atoms with Crippen molar-refractivity contribution in [2.75, 3.05) is 13.2 Å². The van der Waals surface area contributed by atoms with E-state index in [0.29, 0.717) is 0 Å². The van der Waals surface area contributed by atoms with Crippen molar-refractivity contribution in [2.24, 2.45) is 0 Å². The van der Waals surface area contributed by atoms with Crippen LogP contribution in [0.15, 0.2) is 24.8 Å². The number of rotatable bonds is 3. The molecular weight excluding hydrogens is 140 g/mol. The SMILES string of the molecule is C=CC(=C)CC1OCCCO1. The summed E-state index contributed by atoms with van der Waals surface area (Å²) in [6, 6.07) is 0. The Hall–Kier alpha value is -0.600. The van der Waals surface area contributed by atoms with Crippen LogP contribution in [0, 0.1) is 0 Å². The standard InChI is InChI=1S/C9H14O2/c1-3-8(2)7-9-10-5-4-6-11-9/h3,9H,1-2,4-7H2. The average molecular weight is 154 g/mol. The lowest BCUT2D eigenvalue weighted by Gasteiger charge is -2.23. The lowest BCUT2D eigenvalue weighted by Crippen LogP contribution is -2.24. The van der Waals surface area contributed by atoms with Gasteiger partial charge in [-0.2, -0.15) is 0 Å². The highest BCUT2D eigenvalue weighted by Gasteiger charge is 2.13. The Kier molecular flexibility index (Phi) is 3.33. The van der Waals surface area contributed by atoms with E-state index in [9.17, 15) is 0 Å². The average Bonchev–Trinajstić information content (AvgIpc) is 2.06. The van der Waals surface area contributed by atoms with Crippen LogP contribution in [0.25, 0.3) is 0 Å². The molecule has 2 heteroatoms. The smallest absolute Gasteiger partial charge is 0.161 e. The monoisotopic (exact) mass is 154 g/mol. The van der Waals surface area contributed by atoms with Gasteiger partial charge >= 0.3 is 0 Å². The molecule has 0 unspecified atom stereocenters. The van der Waals surface area contributed by atoms with Crippen molar-refractivity contribution in [3.05, 3.63) is 24.8 Å². The molecule has 11 heavy (non-hydrogen) atoms. The van der Waals surface area contributed by atoms with Gasteiger partial charge in [-0.1, -0.05) is 24.8 Å². The molecule has 0 atom stereocenters. The fourth-order valence-corrected chi connectivity index (χ4v) is 0.952. The first-order valence-electron chi connectivity index (χ1n) is 3.86. The minimum Gasteiger partial charge on any atom is -0.352 e. The summed E-state index contributed by atoms with van der Waals surface area (Å²) in [5.41, 5.74) is 0.969. The molecule has 0 amide bonds. The van der Waals surface area contributed by atoms with Crippen molar-refractivity contribution in [2.45, 2.75) is 19.1 Å². The van der Waals surface area contributed by atoms with Gasteiger partial charge in [-0.3, -0.25) is 0 Å². The zero-order valence-corrected chi connectivity index (χ0v) is 6.71. The summed E-state index contributed by atoms with van der Waals surface area (Å²) in [6.45, 7) is 9.01. The minimum atomic E-state index is -0.0887. The van der Waals surface area contributed by atoms with Crippen LogP contribution < -0.4 is 0 Å². The van der Waals surface area contributed by atoms with Crippen LogP contribution in [0.4, 0.5) is 0 Å². The summed E-state index contributed by atoms with van der Waals surface area (Å²) in [4.78, 5) is 0. The summed E-state index contributed by atoms with van der Waals surface area (Å²) >= 11 is 0. The lowest BCUT2D eigenvalue weighted by molar-refractivity contribution is -0.176. The molecular formula is C9H14O2. The zero-order chi connectivity index (χ0) is 8.10. The third-order valence-corrected chi connectivity index (χ3v) is 1.61. The molecule has 1 rings (SSSR count). The Morgan fingerprint density at radius 2 is 2.09 bits per heavy atom. The van der Waals surface area contributed by atoms with Crippen molar-refractivity contribution >= 4 is 0 Å². The fraction of sp³-hybridized carbons (Fsp3) is 0.556. The maximum atomic E-state index is 5.32. The molecule has 0 aromatic heterocycles. The molecule has 2 nitrogen and oxygen atoms in total. The van der Waals surface area contributed by atoms with Crippen molar-refractivity contribution < 1.29 is 9.47 Å². The Balaban J connectivity index is 2.24. The second kappa shape index (κ2) is 4.31. The number of hydrogen-bond donors (Lipinski definition) is 0. The molecule has 0 N–H and O–H groups in total. The lowest BCUT2D eigenvalue weighted by atomic mass is 10.2. The van der Waals surface area contributed by atoms with E-state index in [-0.39, 0.29) is 6.29 Å². The topological polar surface area (TPSA) is 18.5 Å². The van der Waals surface area contributed by atoms with Crippen molar-refractivity contribution in [3.63, 3.8) is 0 Å². The number of allylic oxidation sites excluding steroid dienone is 1. The highest BCUT2D eigenvalue weighted by Crippen LogP contribution is 2.13. The van der Waals surface area contributed by atoms with Crippen LogP contribution in [0.1, 0.15) is 12.8 Å². The summed E-state index contributed by atoms with van der Waals surface area (Å²) in [5.74, 6) is 0. The molecule has 0 aromatic carbocycles. The van der Waals surface area contributed by atoms with E-state index < -0.39 is 0 Å². The molecule has 0 saturated carbocycles. The Bertz CT molecular complexity index is 146. The normalized spacial score (nSPS) is 19.6. The summed E-state index contributed by atoms with van der Waals surface area (Å²) < 4.78 is 10.6. The second-order valence-electron chi connectivity index (χ2n) is 2.59. The van der Waals surface area contributed by atoms with Gasteiger partial charge in [0, 0.05) is 6.42 Å². The predicted octanol–water partition coefficient (Wildman–Crippen LogP) is 1.88. The Morgan fingerprint density at radius 1 is 1.45 bits per heavy atom. The molecule has 62 valence electrons. The Morgan fingerprint density at radius 3 is 2.64 bits per heavy atom. The van der Waals surface area contributed by atoms with E-state index in [4.69, 9.17) is 9.47 Å². The van der Waals surface area contributed by atoms with Crippen LogP contribution in [0.2, 0.25) is 0 Å². The number of ether oxygens (including phenoxy) is 2. The van der Waals surface area contributed by atoms with Gasteiger partial charge in [-0.25, -0.2) is 0 Å². The van der Waals surface area contributed by atoms with Gasteiger partial charge in [-0.05, 0) is 6.42 Å². The summed E-state index contributed by atoms with van der Waals surface area (Å²) in [7, 11) is 0. The van der Waals surface area contributed by atoms with E-state index in [1.165, 1.54) is 0 Å². The first kappa shape index (κ1) is 8.50. The quantitative estimate of drug-likeness (QED) is 0.578. The van der Waals surface area contributed by atoms with E-state index >= 15 is 0 Å². The molecule has 0 bridgehead atoms. The van der Waals surface area contributed by atoms with Gasteiger partial charge < -0.3 is 9.47 Å². The molecule has 1 aliphatic rings. The van der Waals surface area contributed by atoms with Crippen LogP contribution in [-0.2, 0) is 9.47 Å². The van der Waals surface area contributed by atoms with Crippen LogP contribution in [0.5, 0.6) is 0 Å². The van der Waals surface area contributed by atoms with Gasteiger partial charge in [0.15, 0.2) is 6.29 Å². The predicted molar refractivity (Wildman–Crippen MR) is 44.3 cm³/mol. The van der Waals surface area contributed by atoms with E-state index in [1.54, 1.807) is 6.08 Å². The van der Waals surface area contributed by atoms with Crippen LogP contribution in [-0.4, -0.2) is 19.5 Å². The first-order valence-corrected chi connectivity index (χ1v) is 3.86. The molecule has 1 aliphatic heterocycles. The van der Waals surface area contributed by atoms with Gasteiger partial charge in [-0.15, -0.1) is 0 Å². The maximum absolute atomic E-state index is 5.32. The van der Waals surface area contributed by atoms with E-state index in [1.807, 2.05) is 0 Å². The second-order valence-corrected chi connectivity index (χ2v) is 2.59. The number of hydrogen-bond acceptors (Lipinski definition) is 2. The van der Waals surface area contributed by atoms with Gasteiger partial charge in [0.1, 0.15) is 0 Å². The Labute approximate surface area is 67.5 Å². The molecule has 0 aliphatic carbocycles.